The van der Waals surface area contributed by atoms with Crippen LogP contribution in [0, 0.1) is 5.92 Å². The molecule has 2 unspecified atom stereocenters. The van der Waals surface area contributed by atoms with E-state index in [9.17, 15) is 9.59 Å². The first-order chi connectivity index (χ1) is 15.1. The molecule has 2 atom stereocenters. The Labute approximate surface area is 187 Å². The number of carbonyl (C=O) groups excluding carboxylic acids is 2. The van der Waals surface area contributed by atoms with Gasteiger partial charge in [-0.3, -0.25) is 0 Å². The highest BCUT2D eigenvalue weighted by Crippen LogP contribution is 2.60. The molecule has 2 aliphatic heterocycles. The summed E-state index contributed by atoms with van der Waals surface area (Å²) in [6, 6.07) is 12.1. The predicted octanol–water partition coefficient (Wildman–Crippen LogP) is 2.88. The fourth-order valence-electron chi connectivity index (χ4n) is 6.39. The van der Waals surface area contributed by atoms with Crippen LogP contribution in [0.2, 0.25) is 0 Å². The number of ether oxygens (including phenoxy) is 2. The summed E-state index contributed by atoms with van der Waals surface area (Å²) in [7, 11) is 0. The number of rotatable bonds is 0. The van der Waals surface area contributed by atoms with Crippen LogP contribution in [0.1, 0.15) is 44.2 Å². The first-order valence-electron chi connectivity index (χ1n) is 10.7. The topological polar surface area (TPSA) is 116 Å². The minimum Gasteiger partial charge on any atom is -0.494 e. The molecule has 0 radical (unpaired) electrons. The van der Waals surface area contributed by atoms with Crippen LogP contribution < -0.4 is 5.22 Å². The Hall–Kier alpha value is -3.74. The van der Waals surface area contributed by atoms with Gasteiger partial charge >= 0.3 is 11.9 Å². The fraction of sp³-hybridized carbons (Fsp3) is 0.185. The molecule has 0 bridgehead atoms. The van der Waals surface area contributed by atoms with E-state index in [2.05, 4.69) is 24.8 Å². The number of hydrogen-bond donors (Lipinski definition) is 0. The Kier molecular flexibility index (Phi) is 3.73. The maximum atomic E-state index is 12.5. The number of esters is 2. The number of allylic oxidation sites excluding steroid dienone is 1. The third-order valence-corrected chi connectivity index (χ3v) is 7.68. The maximum absolute atomic E-state index is 12.5. The average molecular weight is 440 g/mol. The minimum atomic E-state index is -0.559. The molecule has 6 heteroatoms. The Morgan fingerprint density at radius 1 is 0.788 bits per heavy atom. The minimum absolute atomic E-state index is 0. The molecule has 4 aromatic carbocycles. The number of hydrogen-bond acceptors (Lipinski definition) is 4. The second kappa shape index (κ2) is 6.19. The summed E-state index contributed by atoms with van der Waals surface area (Å²) >= 11 is 0. The Bertz CT molecular complexity index is 1660. The average Bonchev–Trinajstić information content (AvgIpc) is 3.57. The van der Waals surface area contributed by atoms with E-state index in [0.29, 0.717) is 29.6 Å². The van der Waals surface area contributed by atoms with Gasteiger partial charge in [-0.2, -0.15) is 0 Å². The van der Waals surface area contributed by atoms with Crippen molar-refractivity contribution in [3.8, 4) is 0 Å². The zero-order valence-electron chi connectivity index (χ0n) is 17.6. The monoisotopic (exact) mass is 440 g/mol. The first-order valence-corrected chi connectivity index (χ1v) is 10.7. The van der Waals surface area contributed by atoms with Crippen LogP contribution in [-0.4, -0.2) is 29.5 Å². The van der Waals surface area contributed by atoms with E-state index in [1.807, 2.05) is 12.1 Å². The maximum Gasteiger partial charge on any atom is 0.346 e. The van der Waals surface area contributed by atoms with Crippen LogP contribution in [0.4, 0.5) is 0 Å². The van der Waals surface area contributed by atoms with E-state index < -0.39 is 11.9 Å². The summed E-state index contributed by atoms with van der Waals surface area (Å²) in [4.78, 5) is 25.0. The summed E-state index contributed by atoms with van der Waals surface area (Å²) in [6.07, 6.45) is 1.95. The van der Waals surface area contributed by atoms with Crippen molar-refractivity contribution in [1.82, 2.24) is 0 Å². The van der Waals surface area contributed by atoms with Crippen molar-refractivity contribution in [2.24, 2.45) is 5.92 Å². The quantitative estimate of drug-likeness (QED) is 0.181. The number of fused-ring (bicyclic) bond motifs is 5. The van der Waals surface area contributed by atoms with Gasteiger partial charge in [-0.15, -0.1) is 0 Å². The number of benzene rings is 4. The molecule has 0 amide bonds. The molecule has 4 N–H and O–H groups in total. The van der Waals surface area contributed by atoms with Crippen LogP contribution in [-0.2, 0) is 15.9 Å². The molecular formula is C27H20O6. The molecule has 8 rings (SSSR count). The van der Waals surface area contributed by atoms with Gasteiger partial charge in [-0.25, -0.2) is 9.59 Å². The summed E-state index contributed by atoms with van der Waals surface area (Å²) in [6.45, 7) is 4.92. The zero-order chi connectivity index (χ0) is 20.6. The van der Waals surface area contributed by atoms with E-state index in [0.717, 1.165) is 40.1 Å². The number of cyclic esters (lactones) is 2. The smallest absolute Gasteiger partial charge is 0.346 e. The van der Waals surface area contributed by atoms with Crippen LogP contribution in [0.25, 0.3) is 37.9 Å². The summed E-state index contributed by atoms with van der Waals surface area (Å²) < 4.78 is 11.0. The van der Waals surface area contributed by atoms with E-state index >= 15 is 0 Å². The SMILES string of the molecule is C=C1OCCc2ccc3c4c(c5ccc6c7c(ccc3c57)C(=O)OC6=O)C3CC3C1=c24.O.O. The van der Waals surface area contributed by atoms with Gasteiger partial charge in [0.05, 0.1) is 17.7 Å². The molecule has 0 saturated heterocycles. The van der Waals surface area contributed by atoms with Crippen molar-refractivity contribution in [2.75, 3.05) is 6.61 Å². The van der Waals surface area contributed by atoms with Crippen molar-refractivity contribution in [2.45, 2.75) is 18.8 Å². The van der Waals surface area contributed by atoms with E-state index in [4.69, 9.17) is 9.47 Å². The molecule has 6 nitrogen and oxygen atoms in total. The van der Waals surface area contributed by atoms with Crippen molar-refractivity contribution in [3.05, 3.63) is 76.2 Å². The van der Waals surface area contributed by atoms with Gasteiger partial charge in [0.25, 0.3) is 0 Å². The van der Waals surface area contributed by atoms with Crippen LogP contribution in [0.3, 0.4) is 0 Å². The largest absolute Gasteiger partial charge is 0.494 e. The molecule has 1 saturated carbocycles. The molecule has 2 heterocycles. The van der Waals surface area contributed by atoms with E-state index in [-0.39, 0.29) is 11.0 Å². The van der Waals surface area contributed by atoms with Crippen LogP contribution >= 0.6 is 0 Å². The third kappa shape index (κ3) is 2.15. The molecule has 4 aromatic rings. The molecule has 1 fully saturated rings. The lowest BCUT2D eigenvalue weighted by Crippen LogP contribution is -2.21. The third-order valence-electron chi connectivity index (χ3n) is 7.68. The van der Waals surface area contributed by atoms with Crippen molar-refractivity contribution >= 4 is 49.8 Å². The van der Waals surface area contributed by atoms with E-state index in [1.54, 1.807) is 6.07 Å². The molecule has 33 heavy (non-hydrogen) atoms. The van der Waals surface area contributed by atoms with Crippen LogP contribution in [0.15, 0.2) is 48.7 Å². The second-order valence-corrected chi connectivity index (χ2v) is 9.07. The van der Waals surface area contributed by atoms with Crippen molar-refractivity contribution in [1.29, 1.82) is 0 Å². The lowest BCUT2D eigenvalue weighted by Gasteiger charge is -2.24. The van der Waals surface area contributed by atoms with Gasteiger partial charge in [0.15, 0.2) is 0 Å². The summed E-state index contributed by atoms with van der Waals surface area (Å²) in [5.74, 6) is 0.558. The lowest BCUT2D eigenvalue weighted by atomic mass is 9.80. The lowest BCUT2D eigenvalue weighted by molar-refractivity contribution is 0.0391. The summed E-state index contributed by atoms with van der Waals surface area (Å²) in [5, 5.41) is 7.77. The van der Waals surface area contributed by atoms with Crippen molar-refractivity contribution in [3.63, 3.8) is 0 Å². The molecule has 0 aromatic heterocycles. The van der Waals surface area contributed by atoms with Gasteiger partial charge in [0, 0.05) is 17.4 Å². The highest BCUT2D eigenvalue weighted by atomic mass is 16.6. The van der Waals surface area contributed by atoms with E-state index in [1.165, 1.54) is 32.7 Å². The standard InChI is InChI=1S/C27H16O4.2H2O/c1-11-20-18-10-19(18)23-15-5-7-17-24-16(26(28)31-27(17)29)6-4-13(22(15)24)14-3-2-12(8-9-30-11)21(20)25(14)23;;/h2-7,18-19H,1,8-10H2;2*1H2. The molecular weight excluding hydrogens is 420 g/mol. The second-order valence-electron chi connectivity index (χ2n) is 9.07. The Balaban J connectivity index is 0.00000103. The summed E-state index contributed by atoms with van der Waals surface area (Å²) in [5.41, 5.74) is 4.92. The normalized spacial score (nSPS) is 21.7. The fourth-order valence-corrected chi connectivity index (χ4v) is 6.39. The molecule has 2 aliphatic carbocycles. The predicted molar refractivity (Wildman–Crippen MR) is 124 cm³/mol. The van der Waals surface area contributed by atoms with Crippen molar-refractivity contribution < 1.29 is 30.0 Å². The molecule has 0 spiro atoms. The highest BCUT2D eigenvalue weighted by Gasteiger charge is 2.48. The molecule has 164 valence electrons. The van der Waals surface area contributed by atoms with Crippen LogP contribution in [0.5, 0.6) is 0 Å². The number of carbonyl (C=O) groups is 2. The van der Waals surface area contributed by atoms with Gasteiger partial charge < -0.3 is 20.4 Å². The van der Waals surface area contributed by atoms with Gasteiger partial charge in [-0.1, -0.05) is 30.8 Å². The molecule has 4 aliphatic rings. The van der Waals surface area contributed by atoms with Gasteiger partial charge in [-0.05, 0) is 73.7 Å². The Morgan fingerprint density at radius 3 is 2.21 bits per heavy atom. The first kappa shape index (κ1) is 19.9. The van der Waals surface area contributed by atoms with Gasteiger partial charge in [0.1, 0.15) is 5.76 Å². The zero-order valence-corrected chi connectivity index (χ0v) is 17.6. The highest BCUT2D eigenvalue weighted by molar-refractivity contribution is 6.32. The Morgan fingerprint density at radius 2 is 1.45 bits per heavy atom. The van der Waals surface area contributed by atoms with Gasteiger partial charge in [0.2, 0.25) is 0 Å².